The van der Waals surface area contributed by atoms with E-state index in [1.807, 2.05) is 0 Å². The maximum absolute atomic E-state index is 11.5. The van der Waals surface area contributed by atoms with E-state index >= 15 is 0 Å². The lowest BCUT2D eigenvalue weighted by Gasteiger charge is -2.47. The molecule has 2 aliphatic rings. The summed E-state index contributed by atoms with van der Waals surface area (Å²) in [5, 5.41) is 64.5. The van der Waals surface area contributed by atoms with Gasteiger partial charge in [0.05, 0.1) is 13.2 Å². The number of carbonyl (C=O) groups excluding carboxylic acids is 2. The highest BCUT2D eigenvalue weighted by Crippen LogP contribution is 2.28. The summed E-state index contributed by atoms with van der Waals surface area (Å²) >= 11 is 0. The lowest BCUT2D eigenvalue weighted by Crippen LogP contribution is -2.69. The minimum Gasteiger partial charge on any atom is -0.394 e. The zero-order valence-corrected chi connectivity index (χ0v) is 15.9. The summed E-state index contributed by atoms with van der Waals surface area (Å²) in [6.45, 7) is 0.959. The van der Waals surface area contributed by atoms with Crippen molar-refractivity contribution < 1.29 is 54.4 Å². The van der Waals surface area contributed by atoms with Crippen molar-refractivity contribution in [2.24, 2.45) is 0 Å². The molecule has 2 rings (SSSR count). The summed E-state index contributed by atoms with van der Waals surface area (Å²) in [6.07, 6.45) is -11.8. The number of nitrogens with one attached hydrogen (secondary N) is 2. The Labute approximate surface area is 166 Å². The van der Waals surface area contributed by atoms with Crippen molar-refractivity contribution in [1.29, 1.82) is 0 Å². The van der Waals surface area contributed by atoms with Crippen molar-refractivity contribution in [3.63, 3.8) is 0 Å². The van der Waals surface area contributed by atoms with Crippen LogP contribution in [0.2, 0.25) is 0 Å². The quantitative estimate of drug-likeness (QED) is 0.202. The molecule has 10 atom stereocenters. The fraction of sp³-hybridized carbons (Fsp3) is 0.875. The first-order chi connectivity index (χ1) is 13.6. The van der Waals surface area contributed by atoms with Crippen molar-refractivity contribution in [3.05, 3.63) is 0 Å². The number of carbonyl (C=O) groups is 2. The number of aliphatic hydroxyl groups is 6. The lowest BCUT2D eigenvalue weighted by atomic mass is 9.94. The van der Waals surface area contributed by atoms with E-state index in [4.69, 9.17) is 14.2 Å². The number of aliphatic hydroxyl groups excluding tert-OH is 6. The molecule has 13 heteroatoms. The van der Waals surface area contributed by atoms with Gasteiger partial charge in [-0.25, -0.2) is 0 Å². The van der Waals surface area contributed by atoms with Gasteiger partial charge < -0.3 is 55.5 Å². The summed E-state index contributed by atoms with van der Waals surface area (Å²) < 4.78 is 16.2. The lowest BCUT2D eigenvalue weighted by molar-refractivity contribution is -0.323. The topological polar surface area (TPSA) is 207 Å². The zero-order valence-electron chi connectivity index (χ0n) is 15.9. The van der Waals surface area contributed by atoms with Crippen LogP contribution >= 0.6 is 0 Å². The van der Waals surface area contributed by atoms with E-state index in [-0.39, 0.29) is 0 Å². The molecule has 168 valence electrons. The van der Waals surface area contributed by atoms with Gasteiger partial charge in [-0.1, -0.05) is 0 Å². The Kier molecular flexibility index (Phi) is 8.28. The molecule has 2 saturated heterocycles. The second kappa shape index (κ2) is 10.1. The number of rotatable bonds is 6. The van der Waals surface area contributed by atoms with Crippen molar-refractivity contribution in [3.8, 4) is 0 Å². The second-order valence-electron chi connectivity index (χ2n) is 7.00. The van der Waals surface area contributed by atoms with Crippen LogP contribution in [0.25, 0.3) is 0 Å². The molecule has 0 spiro atoms. The third kappa shape index (κ3) is 5.39. The average Bonchev–Trinajstić information content (AvgIpc) is 2.65. The van der Waals surface area contributed by atoms with Gasteiger partial charge in [0.2, 0.25) is 11.8 Å². The van der Waals surface area contributed by atoms with Crippen LogP contribution in [0.1, 0.15) is 13.8 Å². The van der Waals surface area contributed by atoms with Crippen molar-refractivity contribution in [2.45, 2.75) is 75.1 Å². The summed E-state index contributed by atoms with van der Waals surface area (Å²) in [7, 11) is 0. The number of ether oxygens (including phenoxy) is 3. The highest BCUT2D eigenvalue weighted by Gasteiger charge is 2.51. The molecule has 2 amide bonds. The molecule has 0 bridgehead atoms. The van der Waals surface area contributed by atoms with Crippen LogP contribution in [0, 0.1) is 0 Å². The second-order valence-corrected chi connectivity index (χ2v) is 7.00. The molecular formula is C16H28N2O11. The first-order valence-electron chi connectivity index (χ1n) is 9.05. The van der Waals surface area contributed by atoms with Gasteiger partial charge in [-0.3, -0.25) is 9.59 Å². The van der Waals surface area contributed by atoms with E-state index in [1.165, 1.54) is 0 Å². The van der Waals surface area contributed by atoms with E-state index in [0.717, 1.165) is 13.8 Å². The van der Waals surface area contributed by atoms with Gasteiger partial charge in [-0.05, 0) is 0 Å². The number of hydrogen-bond donors (Lipinski definition) is 8. The van der Waals surface area contributed by atoms with Crippen molar-refractivity contribution in [1.82, 2.24) is 10.6 Å². The largest absolute Gasteiger partial charge is 0.394 e. The van der Waals surface area contributed by atoms with Gasteiger partial charge >= 0.3 is 0 Å². The predicted molar refractivity (Wildman–Crippen MR) is 91.8 cm³/mol. The Morgan fingerprint density at radius 2 is 1.34 bits per heavy atom. The van der Waals surface area contributed by atoms with Crippen LogP contribution in [0.3, 0.4) is 0 Å². The van der Waals surface area contributed by atoms with Crippen LogP contribution in [0.4, 0.5) is 0 Å². The molecule has 2 heterocycles. The molecule has 13 nitrogen and oxygen atoms in total. The molecule has 0 aromatic heterocycles. The van der Waals surface area contributed by atoms with Crippen LogP contribution < -0.4 is 10.6 Å². The van der Waals surface area contributed by atoms with Crippen molar-refractivity contribution >= 4 is 11.8 Å². The number of hydrogen-bond acceptors (Lipinski definition) is 11. The smallest absolute Gasteiger partial charge is 0.217 e. The van der Waals surface area contributed by atoms with Crippen molar-refractivity contribution in [2.75, 3.05) is 13.2 Å². The van der Waals surface area contributed by atoms with E-state index in [9.17, 15) is 40.2 Å². The molecule has 2 fully saturated rings. The molecular weight excluding hydrogens is 396 g/mol. The van der Waals surface area contributed by atoms with Crippen LogP contribution in [0.5, 0.6) is 0 Å². The van der Waals surface area contributed by atoms with Gasteiger partial charge in [0.25, 0.3) is 0 Å². The molecule has 0 radical (unpaired) electrons. The van der Waals surface area contributed by atoms with Crippen LogP contribution in [-0.4, -0.2) is 117 Å². The zero-order chi connectivity index (χ0) is 21.9. The molecule has 0 unspecified atom stereocenters. The minimum atomic E-state index is -1.66. The summed E-state index contributed by atoms with van der Waals surface area (Å²) in [4.78, 5) is 23.0. The van der Waals surface area contributed by atoms with Gasteiger partial charge in [0.1, 0.15) is 48.7 Å². The van der Waals surface area contributed by atoms with Gasteiger partial charge in [0.15, 0.2) is 12.6 Å². The fourth-order valence-corrected chi connectivity index (χ4v) is 3.38. The standard InChI is InChI=1S/C16H28N2O11/c1-5(21)17-9-13(25)11(23)7(3-19)28-16(9)29-14-10(18-6(2)22)15(26)27-8(4-20)12(14)24/h7-16,19-20,23-26H,3-4H2,1-2H3,(H,17,21)(H,18,22)/t7-,8-,9-,10-,11+,12+,13-,14-,15-,16-/m1/s1. The van der Waals surface area contributed by atoms with Gasteiger partial charge in [-0.15, -0.1) is 0 Å². The molecule has 2 aliphatic heterocycles. The maximum Gasteiger partial charge on any atom is 0.217 e. The van der Waals surface area contributed by atoms with E-state index in [1.54, 1.807) is 0 Å². The third-order valence-corrected chi connectivity index (χ3v) is 4.78. The Bertz CT molecular complexity index is 579. The summed E-state index contributed by atoms with van der Waals surface area (Å²) in [6, 6.07) is -2.59. The molecule has 29 heavy (non-hydrogen) atoms. The van der Waals surface area contributed by atoms with E-state index in [2.05, 4.69) is 10.6 Å². The van der Waals surface area contributed by atoms with Crippen LogP contribution in [-0.2, 0) is 23.8 Å². The minimum absolute atomic E-state index is 0.576. The summed E-state index contributed by atoms with van der Waals surface area (Å²) in [5.74, 6) is -1.16. The Morgan fingerprint density at radius 3 is 1.86 bits per heavy atom. The first kappa shape index (κ1) is 23.9. The van der Waals surface area contributed by atoms with Gasteiger partial charge in [-0.2, -0.15) is 0 Å². The Morgan fingerprint density at radius 1 is 0.828 bits per heavy atom. The Balaban J connectivity index is 2.31. The molecule has 0 saturated carbocycles. The summed E-state index contributed by atoms with van der Waals surface area (Å²) in [5.41, 5.74) is 0. The monoisotopic (exact) mass is 424 g/mol. The normalized spacial score (nSPS) is 42.9. The fourth-order valence-electron chi connectivity index (χ4n) is 3.38. The third-order valence-electron chi connectivity index (χ3n) is 4.78. The van der Waals surface area contributed by atoms with Crippen LogP contribution in [0.15, 0.2) is 0 Å². The van der Waals surface area contributed by atoms with E-state index < -0.39 is 86.3 Å². The average molecular weight is 424 g/mol. The SMILES string of the molecule is CC(=O)N[C@@H]1[C@@H](O[C@H]2O[C@H](CO)[C@H](O)[C@H](O)[C@H]2NC(C)=O)[C@@H](O)[C@@H](CO)O[C@H]1O. The molecule has 0 aromatic carbocycles. The molecule has 0 aliphatic carbocycles. The molecule has 0 aromatic rings. The predicted octanol–water partition coefficient (Wildman–Crippen LogP) is -5.11. The highest BCUT2D eigenvalue weighted by molar-refractivity contribution is 5.73. The first-order valence-corrected chi connectivity index (χ1v) is 9.05. The van der Waals surface area contributed by atoms with Gasteiger partial charge in [0, 0.05) is 13.8 Å². The maximum atomic E-state index is 11.5. The molecule has 8 N–H and O–H groups in total. The van der Waals surface area contributed by atoms with E-state index in [0.29, 0.717) is 0 Å². The highest BCUT2D eigenvalue weighted by atomic mass is 16.7. The Hall–Kier alpha value is -1.42. The number of amides is 2.